The minimum atomic E-state index is -4.15. The fourth-order valence-electron chi connectivity index (χ4n) is 1.90. The van der Waals surface area contributed by atoms with Crippen LogP contribution in [0.4, 0.5) is 5.69 Å². The molecule has 2 rings (SSSR count). The van der Waals surface area contributed by atoms with Crippen LogP contribution in [0.25, 0.3) is 0 Å². The normalized spacial score (nSPS) is 11.2. The van der Waals surface area contributed by atoms with Gasteiger partial charge in [-0.25, -0.2) is 8.42 Å². The predicted molar refractivity (Wildman–Crippen MR) is 94.5 cm³/mol. The van der Waals surface area contributed by atoms with Crippen molar-refractivity contribution in [3.8, 4) is 0 Å². The molecule has 0 saturated carbocycles. The Kier molecular flexibility index (Phi) is 5.98. The molecule has 2 aromatic carbocycles. The molecule has 5 nitrogen and oxygen atoms in total. The van der Waals surface area contributed by atoms with Gasteiger partial charge in [0, 0.05) is 10.0 Å². The molecule has 0 unspecified atom stereocenters. The number of hydrogen-bond acceptors (Lipinski definition) is 4. The molecular formula is C15H12Cl3NO4S. The van der Waals surface area contributed by atoms with E-state index >= 15 is 0 Å². The van der Waals surface area contributed by atoms with E-state index in [9.17, 15) is 13.2 Å². The topological polar surface area (TPSA) is 63.7 Å². The van der Waals surface area contributed by atoms with Crippen LogP contribution in [0.1, 0.15) is 0 Å². The predicted octanol–water partition coefficient (Wildman–Crippen LogP) is 4.02. The SMILES string of the molecule is COC(=O)CN(c1ccc(Cl)cc1)S(=O)(=O)c1cc(Cl)ccc1Cl. The van der Waals surface area contributed by atoms with E-state index in [1.54, 1.807) is 0 Å². The Bertz CT molecular complexity index is 854. The first-order valence-corrected chi connectivity index (χ1v) is 9.13. The van der Waals surface area contributed by atoms with E-state index in [2.05, 4.69) is 4.74 Å². The summed E-state index contributed by atoms with van der Waals surface area (Å²) in [6.07, 6.45) is 0. The molecule has 9 heteroatoms. The Morgan fingerprint density at radius 2 is 1.62 bits per heavy atom. The Morgan fingerprint density at radius 3 is 2.21 bits per heavy atom. The number of esters is 1. The average molecular weight is 409 g/mol. The Hall–Kier alpha value is -1.47. The second kappa shape index (κ2) is 7.61. The summed E-state index contributed by atoms with van der Waals surface area (Å²) in [4.78, 5) is 11.5. The van der Waals surface area contributed by atoms with Crippen LogP contribution in [0.15, 0.2) is 47.4 Å². The first kappa shape index (κ1) is 18.9. The number of rotatable bonds is 5. The first-order chi connectivity index (χ1) is 11.3. The van der Waals surface area contributed by atoms with Gasteiger partial charge in [-0.15, -0.1) is 0 Å². The number of nitrogens with zero attached hydrogens (tertiary/aromatic N) is 1. The summed E-state index contributed by atoms with van der Waals surface area (Å²) in [5, 5.41) is 0.616. The minimum Gasteiger partial charge on any atom is -0.468 e. The molecule has 128 valence electrons. The third kappa shape index (κ3) is 4.13. The molecule has 0 saturated heterocycles. The van der Waals surface area contributed by atoms with E-state index in [0.717, 1.165) is 4.31 Å². The molecule has 0 aliphatic rings. The van der Waals surface area contributed by atoms with Crippen molar-refractivity contribution < 1.29 is 17.9 Å². The summed E-state index contributed by atoms with van der Waals surface area (Å²) >= 11 is 17.7. The summed E-state index contributed by atoms with van der Waals surface area (Å²) in [7, 11) is -2.98. The number of halogens is 3. The van der Waals surface area contributed by atoms with E-state index in [4.69, 9.17) is 34.8 Å². The van der Waals surface area contributed by atoms with Gasteiger partial charge < -0.3 is 4.74 Å². The molecule has 2 aromatic rings. The van der Waals surface area contributed by atoms with Crippen molar-refractivity contribution >= 4 is 56.5 Å². The number of carbonyl (C=O) groups is 1. The van der Waals surface area contributed by atoms with Crippen molar-refractivity contribution in [3.05, 3.63) is 57.5 Å². The first-order valence-electron chi connectivity index (χ1n) is 6.56. The van der Waals surface area contributed by atoms with Gasteiger partial charge in [0.1, 0.15) is 11.4 Å². The highest BCUT2D eigenvalue weighted by Gasteiger charge is 2.29. The molecule has 0 spiro atoms. The molecule has 0 aliphatic heterocycles. The standard InChI is InChI=1S/C15H12Cl3NO4S/c1-23-15(20)9-19(12-5-2-10(16)3-6-12)24(21,22)14-8-11(17)4-7-13(14)18/h2-8H,9H2,1H3. The molecule has 0 atom stereocenters. The van der Waals surface area contributed by atoms with E-state index in [1.165, 1.54) is 49.6 Å². The quantitative estimate of drug-likeness (QED) is 0.701. The van der Waals surface area contributed by atoms with Crippen LogP contribution < -0.4 is 4.31 Å². The number of carbonyl (C=O) groups excluding carboxylic acids is 1. The third-order valence-corrected chi connectivity index (χ3v) is 5.82. The Balaban J connectivity index is 2.58. The number of methoxy groups -OCH3 is 1. The highest BCUT2D eigenvalue weighted by molar-refractivity contribution is 7.93. The number of ether oxygens (including phenoxy) is 1. The van der Waals surface area contributed by atoms with Gasteiger partial charge in [0.15, 0.2) is 0 Å². The summed E-state index contributed by atoms with van der Waals surface area (Å²) in [6, 6.07) is 10.0. The fraction of sp³-hybridized carbons (Fsp3) is 0.133. The highest BCUT2D eigenvalue weighted by Crippen LogP contribution is 2.31. The molecule has 24 heavy (non-hydrogen) atoms. The van der Waals surface area contributed by atoms with Gasteiger partial charge in [-0.1, -0.05) is 34.8 Å². The summed E-state index contributed by atoms with van der Waals surface area (Å²) < 4.78 is 31.4. The van der Waals surface area contributed by atoms with Gasteiger partial charge in [-0.05, 0) is 42.5 Å². The second-order valence-electron chi connectivity index (χ2n) is 4.64. The molecule has 0 aromatic heterocycles. The van der Waals surface area contributed by atoms with Crippen LogP contribution in [-0.2, 0) is 19.6 Å². The van der Waals surface area contributed by atoms with Crippen LogP contribution in [0, 0.1) is 0 Å². The van der Waals surface area contributed by atoms with Crippen molar-refractivity contribution in [2.75, 3.05) is 18.0 Å². The minimum absolute atomic E-state index is 0.0109. The van der Waals surface area contributed by atoms with Crippen molar-refractivity contribution in [1.82, 2.24) is 0 Å². The molecule has 0 radical (unpaired) electrons. The van der Waals surface area contributed by atoms with E-state index in [1.807, 2.05) is 0 Å². The van der Waals surface area contributed by atoms with Crippen molar-refractivity contribution in [1.29, 1.82) is 0 Å². The lowest BCUT2D eigenvalue weighted by Crippen LogP contribution is -2.36. The van der Waals surface area contributed by atoms with Gasteiger partial charge in [0.25, 0.3) is 10.0 Å². The average Bonchev–Trinajstić information content (AvgIpc) is 2.55. The van der Waals surface area contributed by atoms with Crippen LogP contribution >= 0.6 is 34.8 Å². The largest absolute Gasteiger partial charge is 0.468 e. The molecule has 0 N–H and O–H groups in total. The molecule has 0 amide bonds. The zero-order valence-corrected chi connectivity index (χ0v) is 15.5. The molecule has 0 fully saturated rings. The smallest absolute Gasteiger partial charge is 0.326 e. The summed E-state index contributed by atoms with van der Waals surface area (Å²) in [6.45, 7) is -0.524. The zero-order chi connectivity index (χ0) is 17.9. The maximum Gasteiger partial charge on any atom is 0.326 e. The maximum absolute atomic E-state index is 13.0. The van der Waals surface area contributed by atoms with Gasteiger partial charge in [0.2, 0.25) is 0 Å². The monoisotopic (exact) mass is 407 g/mol. The maximum atomic E-state index is 13.0. The third-order valence-electron chi connectivity index (χ3n) is 3.08. The lowest BCUT2D eigenvalue weighted by atomic mass is 10.3. The molecule has 0 aliphatic carbocycles. The molecule has 0 heterocycles. The van der Waals surface area contributed by atoms with Crippen LogP contribution in [0.3, 0.4) is 0 Å². The molecule has 0 bridgehead atoms. The van der Waals surface area contributed by atoms with Gasteiger partial charge in [0.05, 0.1) is 17.8 Å². The number of hydrogen-bond donors (Lipinski definition) is 0. The van der Waals surface area contributed by atoms with Crippen LogP contribution in [0.5, 0.6) is 0 Å². The van der Waals surface area contributed by atoms with Crippen molar-refractivity contribution in [2.24, 2.45) is 0 Å². The number of sulfonamides is 1. The van der Waals surface area contributed by atoms with Gasteiger partial charge >= 0.3 is 5.97 Å². The van der Waals surface area contributed by atoms with Crippen LogP contribution in [0.2, 0.25) is 15.1 Å². The van der Waals surface area contributed by atoms with Gasteiger partial charge in [-0.3, -0.25) is 9.10 Å². The summed E-state index contributed by atoms with van der Waals surface area (Å²) in [5.41, 5.74) is 0.237. The Morgan fingerprint density at radius 1 is 1.04 bits per heavy atom. The second-order valence-corrected chi connectivity index (χ2v) is 7.75. The highest BCUT2D eigenvalue weighted by atomic mass is 35.5. The van der Waals surface area contributed by atoms with Crippen molar-refractivity contribution in [2.45, 2.75) is 4.90 Å². The van der Waals surface area contributed by atoms with Gasteiger partial charge in [-0.2, -0.15) is 0 Å². The van der Waals surface area contributed by atoms with E-state index in [-0.39, 0.29) is 20.6 Å². The number of anilines is 1. The lowest BCUT2D eigenvalue weighted by Gasteiger charge is -2.24. The fourth-order valence-corrected chi connectivity index (χ4v) is 4.17. The number of benzene rings is 2. The van der Waals surface area contributed by atoms with Crippen LogP contribution in [-0.4, -0.2) is 28.0 Å². The van der Waals surface area contributed by atoms with E-state index < -0.39 is 22.5 Å². The lowest BCUT2D eigenvalue weighted by molar-refractivity contribution is -0.138. The van der Waals surface area contributed by atoms with E-state index in [0.29, 0.717) is 5.02 Å². The van der Waals surface area contributed by atoms with Crippen molar-refractivity contribution in [3.63, 3.8) is 0 Å². The molecular weight excluding hydrogens is 397 g/mol. The summed E-state index contributed by atoms with van der Waals surface area (Å²) in [5.74, 6) is -0.730. The Labute approximate surface area is 154 Å². The zero-order valence-electron chi connectivity index (χ0n) is 12.4.